The molecule has 0 saturated carbocycles. The molecular weight excluding hydrogens is 296 g/mol. The lowest BCUT2D eigenvalue weighted by atomic mass is 10.3. The Balaban J connectivity index is 1.85. The van der Waals surface area contributed by atoms with Gasteiger partial charge >= 0.3 is 6.03 Å². The fraction of sp³-hybridized carbons (Fsp3) is 0.800. The molecule has 1 aromatic rings. The van der Waals surface area contributed by atoms with Gasteiger partial charge in [-0.3, -0.25) is 0 Å². The highest BCUT2D eigenvalue weighted by molar-refractivity contribution is 5.74. The first-order chi connectivity index (χ1) is 11.2. The fourth-order valence-electron chi connectivity index (χ4n) is 2.76. The molecule has 0 aliphatic carbocycles. The number of aryl methyl sites for hydroxylation is 1. The summed E-state index contributed by atoms with van der Waals surface area (Å²) in [5.74, 6) is 0.779. The number of aromatic nitrogens is 3. The Hall–Kier alpha value is -1.67. The minimum Gasteiger partial charge on any atom is -0.385 e. The van der Waals surface area contributed by atoms with E-state index in [9.17, 15) is 4.79 Å². The molecule has 1 saturated heterocycles. The second-order valence-electron chi connectivity index (χ2n) is 5.82. The van der Waals surface area contributed by atoms with Gasteiger partial charge in [0.15, 0.2) is 5.82 Å². The number of carbonyl (C=O) groups excluding carboxylic acids is 1. The SMILES string of the molecule is CCN1CCN(C(=O)NC(C)c2nncn2CCCOC)CC1. The third kappa shape index (κ3) is 4.90. The molecule has 130 valence electrons. The van der Waals surface area contributed by atoms with Crippen LogP contribution in [0, 0.1) is 0 Å². The van der Waals surface area contributed by atoms with Gasteiger partial charge in [-0.15, -0.1) is 10.2 Å². The Morgan fingerprint density at radius 2 is 2.13 bits per heavy atom. The molecule has 0 radical (unpaired) electrons. The Morgan fingerprint density at radius 1 is 1.39 bits per heavy atom. The average molecular weight is 324 g/mol. The van der Waals surface area contributed by atoms with Gasteiger partial charge in [-0.1, -0.05) is 6.92 Å². The molecule has 8 heteroatoms. The minimum atomic E-state index is -0.170. The summed E-state index contributed by atoms with van der Waals surface area (Å²) in [6.07, 6.45) is 2.59. The summed E-state index contributed by atoms with van der Waals surface area (Å²) in [7, 11) is 1.69. The topological polar surface area (TPSA) is 75.5 Å². The zero-order valence-electron chi connectivity index (χ0n) is 14.4. The Kier molecular flexibility index (Phi) is 6.79. The molecule has 1 fully saturated rings. The number of ether oxygens (including phenoxy) is 1. The van der Waals surface area contributed by atoms with Gasteiger partial charge < -0.3 is 24.4 Å². The van der Waals surface area contributed by atoms with Crippen LogP contribution in [0.2, 0.25) is 0 Å². The number of rotatable bonds is 7. The van der Waals surface area contributed by atoms with Crippen molar-refractivity contribution in [1.82, 2.24) is 29.9 Å². The van der Waals surface area contributed by atoms with Crippen LogP contribution in [0.1, 0.15) is 32.1 Å². The largest absolute Gasteiger partial charge is 0.385 e. The van der Waals surface area contributed by atoms with E-state index in [-0.39, 0.29) is 12.1 Å². The molecule has 1 aliphatic rings. The van der Waals surface area contributed by atoms with Gasteiger partial charge in [-0.05, 0) is 19.9 Å². The fourth-order valence-corrected chi connectivity index (χ4v) is 2.76. The molecule has 1 atom stereocenters. The molecule has 1 aromatic heterocycles. The number of carbonyl (C=O) groups is 1. The predicted octanol–water partition coefficient (Wildman–Crippen LogP) is 0.723. The molecule has 0 spiro atoms. The lowest BCUT2D eigenvalue weighted by molar-refractivity contribution is 0.140. The van der Waals surface area contributed by atoms with Crippen molar-refractivity contribution in [2.24, 2.45) is 0 Å². The summed E-state index contributed by atoms with van der Waals surface area (Å²) >= 11 is 0. The highest BCUT2D eigenvalue weighted by Crippen LogP contribution is 2.11. The number of nitrogens with one attached hydrogen (secondary N) is 1. The molecule has 23 heavy (non-hydrogen) atoms. The van der Waals surface area contributed by atoms with Gasteiger partial charge in [0.25, 0.3) is 0 Å². The highest BCUT2D eigenvalue weighted by atomic mass is 16.5. The lowest BCUT2D eigenvalue weighted by Gasteiger charge is -2.34. The summed E-state index contributed by atoms with van der Waals surface area (Å²) in [6, 6.07) is -0.198. The van der Waals surface area contributed by atoms with E-state index in [1.165, 1.54) is 0 Å². The standard InChI is InChI=1S/C15H28N6O2/c1-4-19-7-9-20(10-8-19)15(22)17-13(2)14-18-16-12-21(14)6-5-11-23-3/h12-13H,4-11H2,1-3H3,(H,17,22). The van der Waals surface area contributed by atoms with E-state index in [0.29, 0.717) is 6.61 Å². The quantitative estimate of drug-likeness (QED) is 0.748. The summed E-state index contributed by atoms with van der Waals surface area (Å²) in [5, 5.41) is 11.1. The van der Waals surface area contributed by atoms with Crippen LogP contribution >= 0.6 is 0 Å². The first-order valence-corrected chi connectivity index (χ1v) is 8.30. The number of likely N-dealkylation sites (N-methyl/N-ethyl adjacent to an activating group) is 1. The zero-order chi connectivity index (χ0) is 16.7. The van der Waals surface area contributed by atoms with Gasteiger partial charge in [-0.2, -0.15) is 0 Å². The molecule has 1 aliphatic heterocycles. The highest BCUT2D eigenvalue weighted by Gasteiger charge is 2.23. The molecular formula is C15H28N6O2. The maximum Gasteiger partial charge on any atom is 0.318 e. The second kappa shape index (κ2) is 8.83. The number of urea groups is 1. The third-order valence-electron chi connectivity index (χ3n) is 4.23. The summed E-state index contributed by atoms with van der Waals surface area (Å²) < 4.78 is 7.04. The van der Waals surface area contributed by atoms with E-state index in [2.05, 4.69) is 27.3 Å². The van der Waals surface area contributed by atoms with Crippen LogP contribution in [-0.4, -0.2) is 77.0 Å². The number of piperazine rings is 1. The molecule has 2 rings (SSSR count). The van der Waals surface area contributed by atoms with E-state index < -0.39 is 0 Å². The van der Waals surface area contributed by atoms with Crippen molar-refractivity contribution in [3.05, 3.63) is 12.2 Å². The van der Waals surface area contributed by atoms with Crippen molar-refractivity contribution < 1.29 is 9.53 Å². The maximum atomic E-state index is 12.4. The van der Waals surface area contributed by atoms with E-state index >= 15 is 0 Å². The number of methoxy groups -OCH3 is 1. The van der Waals surface area contributed by atoms with Crippen LogP contribution in [0.4, 0.5) is 4.79 Å². The van der Waals surface area contributed by atoms with Gasteiger partial charge in [-0.25, -0.2) is 4.79 Å². The van der Waals surface area contributed by atoms with Crippen LogP contribution in [0.25, 0.3) is 0 Å². The van der Waals surface area contributed by atoms with Gasteiger partial charge in [0, 0.05) is 46.4 Å². The number of hydrogen-bond acceptors (Lipinski definition) is 5. The van der Waals surface area contributed by atoms with Crippen LogP contribution in [0.3, 0.4) is 0 Å². The van der Waals surface area contributed by atoms with E-state index in [1.54, 1.807) is 13.4 Å². The van der Waals surface area contributed by atoms with E-state index in [0.717, 1.165) is 51.5 Å². The first-order valence-electron chi connectivity index (χ1n) is 8.30. The van der Waals surface area contributed by atoms with Crippen molar-refractivity contribution in [3.63, 3.8) is 0 Å². The van der Waals surface area contributed by atoms with Crippen molar-refractivity contribution in [2.45, 2.75) is 32.9 Å². The van der Waals surface area contributed by atoms with Crippen molar-refractivity contribution in [2.75, 3.05) is 46.4 Å². The van der Waals surface area contributed by atoms with Gasteiger partial charge in [0.1, 0.15) is 6.33 Å². The maximum absolute atomic E-state index is 12.4. The Labute approximate surface area is 137 Å². The van der Waals surface area contributed by atoms with Crippen LogP contribution < -0.4 is 5.32 Å². The molecule has 2 heterocycles. The molecule has 2 amide bonds. The van der Waals surface area contributed by atoms with Crippen molar-refractivity contribution >= 4 is 6.03 Å². The lowest BCUT2D eigenvalue weighted by Crippen LogP contribution is -2.52. The summed E-state index contributed by atoms with van der Waals surface area (Å²) in [5.41, 5.74) is 0. The molecule has 8 nitrogen and oxygen atoms in total. The monoisotopic (exact) mass is 324 g/mol. The average Bonchev–Trinajstić information content (AvgIpc) is 3.03. The first kappa shape index (κ1) is 17.7. The van der Waals surface area contributed by atoms with Gasteiger partial charge in [0.05, 0.1) is 6.04 Å². The number of nitrogens with zero attached hydrogens (tertiary/aromatic N) is 5. The van der Waals surface area contributed by atoms with E-state index in [1.807, 2.05) is 16.4 Å². The third-order valence-corrected chi connectivity index (χ3v) is 4.23. The molecule has 0 aromatic carbocycles. The zero-order valence-corrected chi connectivity index (χ0v) is 14.4. The van der Waals surface area contributed by atoms with Crippen molar-refractivity contribution in [1.29, 1.82) is 0 Å². The summed E-state index contributed by atoms with van der Waals surface area (Å²) in [6.45, 7) is 10.0. The van der Waals surface area contributed by atoms with Gasteiger partial charge in [0.2, 0.25) is 0 Å². The number of amides is 2. The Bertz CT molecular complexity index is 484. The summed E-state index contributed by atoms with van der Waals surface area (Å²) in [4.78, 5) is 16.6. The normalized spacial score (nSPS) is 17.3. The van der Waals surface area contributed by atoms with Crippen LogP contribution in [0.5, 0.6) is 0 Å². The smallest absolute Gasteiger partial charge is 0.318 e. The van der Waals surface area contributed by atoms with E-state index in [4.69, 9.17) is 4.74 Å². The number of hydrogen-bond donors (Lipinski definition) is 1. The van der Waals surface area contributed by atoms with Crippen LogP contribution in [0.15, 0.2) is 6.33 Å². The molecule has 1 unspecified atom stereocenters. The molecule has 1 N–H and O–H groups in total. The minimum absolute atomic E-state index is 0.0281. The molecule has 0 bridgehead atoms. The Morgan fingerprint density at radius 3 is 2.78 bits per heavy atom. The van der Waals surface area contributed by atoms with Crippen molar-refractivity contribution in [3.8, 4) is 0 Å². The predicted molar refractivity (Wildman–Crippen MR) is 87.1 cm³/mol. The van der Waals surface area contributed by atoms with Crippen LogP contribution in [-0.2, 0) is 11.3 Å². The second-order valence-corrected chi connectivity index (χ2v) is 5.82.